The maximum atomic E-state index is 5.74. The molecule has 0 atom stereocenters. The van der Waals surface area contributed by atoms with E-state index < -0.39 is 0 Å². The largest absolute Gasteiger partial charge is 0.487 e. The molecule has 134 valence electrons. The summed E-state index contributed by atoms with van der Waals surface area (Å²) in [5, 5.41) is 7.12. The average molecular weight is 358 g/mol. The molecule has 4 rings (SSSR count). The lowest BCUT2D eigenvalue weighted by molar-refractivity contribution is 0.301. The van der Waals surface area contributed by atoms with Crippen molar-refractivity contribution in [3.05, 3.63) is 90.3 Å². The van der Waals surface area contributed by atoms with E-state index in [2.05, 4.69) is 20.4 Å². The van der Waals surface area contributed by atoms with Crippen molar-refractivity contribution in [2.45, 2.75) is 13.2 Å². The highest BCUT2D eigenvalue weighted by Gasteiger charge is 2.07. The Bertz CT molecular complexity index is 970. The fraction of sp³-hybridized carbons (Fsp3) is 0.0952. The Morgan fingerprint density at radius 2 is 1.70 bits per heavy atom. The van der Waals surface area contributed by atoms with Crippen LogP contribution in [-0.4, -0.2) is 15.1 Å². The number of anilines is 1. The molecule has 0 aliphatic rings. The van der Waals surface area contributed by atoms with Gasteiger partial charge in [0.15, 0.2) is 0 Å². The molecule has 2 aromatic carbocycles. The maximum absolute atomic E-state index is 5.74. The Morgan fingerprint density at radius 3 is 2.48 bits per heavy atom. The maximum Gasteiger partial charge on any atom is 0.264 e. The summed E-state index contributed by atoms with van der Waals surface area (Å²) in [6.45, 7) is 1.04. The number of pyridine rings is 1. The topological polar surface area (TPSA) is 73.1 Å². The van der Waals surface area contributed by atoms with Crippen molar-refractivity contribution < 1.29 is 9.26 Å². The van der Waals surface area contributed by atoms with Gasteiger partial charge >= 0.3 is 0 Å². The van der Waals surface area contributed by atoms with E-state index in [1.54, 1.807) is 6.20 Å². The van der Waals surface area contributed by atoms with Crippen LogP contribution in [0.4, 0.5) is 5.95 Å². The predicted octanol–water partition coefficient (Wildman–Crippen LogP) is 4.32. The highest BCUT2D eigenvalue weighted by atomic mass is 16.5. The molecule has 6 heteroatoms. The SMILES string of the molecule is c1ccc(-c2nc(NCc3ccc(OCc4ccccn4)cc3)no2)cc1. The molecule has 0 amide bonds. The van der Waals surface area contributed by atoms with E-state index in [0.29, 0.717) is 25.0 Å². The number of hydrogen-bond donors (Lipinski definition) is 1. The minimum absolute atomic E-state index is 0.448. The van der Waals surface area contributed by atoms with Gasteiger partial charge in [-0.2, -0.15) is 4.98 Å². The van der Waals surface area contributed by atoms with Crippen LogP contribution in [0.1, 0.15) is 11.3 Å². The lowest BCUT2D eigenvalue weighted by Crippen LogP contribution is -2.01. The summed E-state index contributed by atoms with van der Waals surface area (Å²) in [5.74, 6) is 1.76. The van der Waals surface area contributed by atoms with E-state index in [9.17, 15) is 0 Å². The molecular formula is C21H18N4O2. The second-order valence-corrected chi connectivity index (χ2v) is 5.90. The van der Waals surface area contributed by atoms with Gasteiger partial charge in [-0.25, -0.2) is 0 Å². The van der Waals surface area contributed by atoms with Gasteiger partial charge in [0, 0.05) is 18.3 Å². The monoisotopic (exact) mass is 358 g/mol. The first-order chi connectivity index (χ1) is 13.4. The fourth-order valence-electron chi connectivity index (χ4n) is 2.52. The van der Waals surface area contributed by atoms with Gasteiger partial charge in [0.2, 0.25) is 0 Å². The van der Waals surface area contributed by atoms with Crippen LogP contribution in [0.2, 0.25) is 0 Å². The molecule has 0 aliphatic heterocycles. The molecule has 0 fully saturated rings. The lowest BCUT2D eigenvalue weighted by Gasteiger charge is -2.07. The molecule has 0 radical (unpaired) electrons. The molecule has 0 saturated heterocycles. The molecule has 27 heavy (non-hydrogen) atoms. The first-order valence-corrected chi connectivity index (χ1v) is 8.61. The van der Waals surface area contributed by atoms with Crippen LogP contribution in [0, 0.1) is 0 Å². The number of rotatable bonds is 7. The molecular weight excluding hydrogens is 340 g/mol. The number of nitrogens with one attached hydrogen (secondary N) is 1. The summed E-state index contributed by atoms with van der Waals surface area (Å²) < 4.78 is 11.0. The van der Waals surface area contributed by atoms with E-state index in [1.165, 1.54) is 0 Å². The highest BCUT2D eigenvalue weighted by Crippen LogP contribution is 2.19. The smallest absolute Gasteiger partial charge is 0.264 e. The molecule has 0 aliphatic carbocycles. The standard InChI is InChI=1S/C21H18N4O2/c1-2-6-17(7-3-1)20-24-21(25-27-20)23-14-16-9-11-19(12-10-16)26-15-18-8-4-5-13-22-18/h1-13H,14-15H2,(H,23,25). The van der Waals surface area contributed by atoms with Crippen molar-refractivity contribution in [1.82, 2.24) is 15.1 Å². The van der Waals surface area contributed by atoms with Crippen LogP contribution in [0.5, 0.6) is 5.75 Å². The third-order valence-electron chi connectivity index (χ3n) is 3.93. The van der Waals surface area contributed by atoms with Gasteiger partial charge < -0.3 is 14.6 Å². The van der Waals surface area contributed by atoms with Gasteiger partial charge in [0.05, 0.1) is 5.69 Å². The molecule has 6 nitrogen and oxygen atoms in total. The number of hydrogen-bond acceptors (Lipinski definition) is 6. The van der Waals surface area contributed by atoms with E-state index in [1.807, 2.05) is 72.8 Å². The molecule has 0 unspecified atom stereocenters. The van der Waals surface area contributed by atoms with Crippen LogP contribution >= 0.6 is 0 Å². The summed E-state index contributed by atoms with van der Waals surface area (Å²) in [4.78, 5) is 8.60. The van der Waals surface area contributed by atoms with E-state index >= 15 is 0 Å². The number of benzene rings is 2. The third-order valence-corrected chi connectivity index (χ3v) is 3.93. The Kier molecular flexibility index (Phi) is 5.06. The summed E-state index contributed by atoms with van der Waals surface area (Å²) >= 11 is 0. The summed E-state index contributed by atoms with van der Waals surface area (Å²) in [5.41, 5.74) is 2.88. The van der Waals surface area contributed by atoms with Gasteiger partial charge in [-0.15, -0.1) is 0 Å². The summed E-state index contributed by atoms with van der Waals surface area (Å²) in [6, 6.07) is 23.3. The summed E-state index contributed by atoms with van der Waals surface area (Å²) in [7, 11) is 0. The minimum atomic E-state index is 0.448. The fourth-order valence-corrected chi connectivity index (χ4v) is 2.52. The van der Waals surface area contributed by atoms with Crippen molar-refractivity contribution in [3.63, 3.8) is 0 Å². The molecule has 0 saturated carbocycles. The Balaban J connectivity index is 1.31. The Labute approximate surface area is 156 Å². The van der Waals surface area contributed by atoms with E-state index in [-0.39, 0.29) is 0 Å². The van der Waals surface area contributed by atoms with Crippen molar-refractivity contribution in [1.29, 1.82) is 0 Å². The molecule has 2 heterocycles. The average Bonchev–Trinajstić information content (AvgIpc) is 3.22. The quantitative estimate of drug-likeness (QED) is 0.530. The molecule has 1 N–H and O–H groups in total. The van der Waals surface area contributed by atoms with E-state index in [0.717, 1.165) is 22.6 Å². The molecule has 0 spiro atoms. The first kappa shape index (κ1) is 16.8. The van der Waals surface area contributed by atoms with Crippen LogP contribution in [0.3, 0.4) is 0 Å². The van der Waals surface area contributed by atoms with Gasteiger partial charge in [0.1, 0.15) is 12.4 Å². The number of aromatic nitrogens is 3. The van der Waals surface area contributed by atoms with Crippen LogP contribution < -0.4 is 10.1 Å². The highest BCUT2D eigenvalue weighted by molar-refractivity contribution is 5.53. The third kappa shape index (κ3) is 4.49. The van der Waals surface area contributed by atoms with Gasteiger partial charge in [-0.1, -0.05) is 36.4 Å². The van der Waals surface area contributed by atoms with Crippen LogP contribution in [0.15, 0.2) is 83.5 Å². The Morgan fingerprint density at radius 1 is 0.889 bits per heavy atom. The summed E-state index contributed by atoms with van der Waals surface area (Å²) in [6.07, 6.45) is 1.76. The van der Waals surface area contributed by atoms with Crippen LogP contribution in [0.25, 0.3) is 11.5 Å². The van der Waals surface area contributed by atoms with Gasteiger partial charge in [-0.3, -0.25) is 4.98 Å². The number of ether oxygens (including phenoxy) is 1. The van der Waals surface area contributed by atoms with Crippen molar-refractivity contribution in [2.75, 3.05) is 5.32 Å². The minimum Gasteiger partial charge on any atom is -0.487 e. The first-order valence-electron chi connectivity index (χ1n) is 8.61. The number of nitrogens with zero attached hydrogens (tertiary/aromatic N) is 3. The van der Waals surface area contributed by atoms with Crippen molar-refractivity contribution in [2.24, 2.45) is 0 Å². The van der Waals surface area contributed by atoms with Gasteiger partial charge in [-0.05, 0) is 47.1 Å². The molecule has 4 aromatic rings. The second-order valence-electron chi connectivity index (χ2n) is 5.90. The second kappa shape index (κ2) is 8.14. The zero-order valence-electron chi connectivity index (χ0n) is 14.6. The zero-order chi connectivity index (χ0) is 18.3. The van der Waals surface area contributed by atoms with Gasteiger partial charge in [0.25, 0.3) is 11.8 Å². The van der Waals surface area contributed by atoms with Crippen molar-refractivity contribution >= 4 is 5.95 Å². The predicted molar refractivity (Wildman–Crippen MR) is 102 cm³/mol. The van der Waals surface area contributed by atoms with Crippen molar-refractivity contribution in [3.8, 4) is 17.2 Å². The zero-order valence-corrected chi connectivity index (χ0v) is 14.6. The molecule has 0 bridgehead atoms. The normalized spacial score (nSPS) is 10.5. The van der Waals surface area contributed by atoms with E-state index in [4.69, 9.17) is 9.26 Å². The molecule has 2 aromatic heterocycles. The van der Waals surface area contributed by atoms with Crippen LogP contribution in [-0.2, 0) is 13.2 Å². The Hall–Kier alpha value is -3.67. The lowest BCUT2D eigenvalue weighted by atomic mass is 10.2.